The van der Waals surface area contributed by atoms with Crippen LogP contribution in [0.4, 0.5) is 0 Å². The Labute approximate surface area is 207 Å². The molecule has 1 aromatic rings. The van der Waals surface area contributed by atoms with Gasteiger partial charge in [-0.2, -0.15) is 8.42 Å². The number of ether oxygens (including phenoxy) is 7. The van der Waals surface area contributed by atoms with Crippen molar-refractivity contribution in [3.05, 3.63) is 30.3 Å². The minimum Gasteiger partial charge on any atom is -0.378 e. The quantitative estimate of drug-likeness (QED) is 0.106. The van der Waals surface area contributed by atoms with Crippen LogP contribution in [0, 0.1) is 0 Å². The Kier molecular flexibility index (Phi) is 20.7. The Balaban J connectivity index is 1.74. The molecule has 0 saturated carbocycles. The summed E-state index contributed by atoms with van der Waals surface area (Å²) < 4.78 is 66.1. The molecule has 0 aromatic heterocycles. The minimum absolute atomic E-state index is 0.0516. The van der Waals surface area contributed by atoms with E-state index >= 15 is 0 Å². The first-order valence-electron chi connectivity index (χ1n) is 11.2. The highest BCUT2D eigenvalue weighted by molar-refractivity contribution is 7.86. The summed E-state index contributed by atoms with van der Waals surface area (Å²) in [5.74, 6) is 0.489. The summed E-state index contributed by atoms with van der Waals surface area (Å²) in [5, 5.41) is 0. The first-order valence-corrected chi connectivity index (χ1v) is 13.2. The van der Waals surface area contributed by atoms with E-state index in [1.165, 1.54) is 12.1 Å². The third kappa shape index (κ3) is 18.5. The predicted octanol–water partition coefficient (Wildman–Crippen LogP) is 1.75. The molecule has 0 heterocycles. The standard InChI is InChI=1S/C22H37ClO10S/c23-6-7-26-8-9-27-10-11-28-12-13-29-14-15-30-16-17-31-18-19-32-20-21-33-34(24,25)22-4-2-1-3-5-22/h1-5H,6-21H2. The molecular formula is C22H37ClO10S. The molecule has 0 unspecified atom stereocenters. The van der Waals surface area contributed by atoms with Gasteiger partial charge in [0, 0.05) is 5.88 Å². The maximum atomic E-state index is 11.9. The van der Waals surface area contributed by atoms with Crippen molar-refractivity contribution < 1.29 is 45.8 Å². The lowest BCUT2D eigenvalue weighted by atomic mass is 10.4. The van der Waals surface area contributed by atoms with Crippen LogP contribution in [0.1, 0.15) is 0 Å². The number of hydrogen-bond donors (Lipinski definition) is 0. The zero-order valence-electron chi connectivity index (χ0n) is 19.6. The lowest BCUT2D eigenvalue weighted by Gasteiger charge is -2.08. The molecule has 1 rings (SSSR count). The maximum absolute atomic E-state index is 11.9. The fraction of sp³-hybridized carbons (Fsp3) is 0.727. The second-order valence-corrected chi connectivity index (χ2v) is 8.56. The molecule has 10 nitrogen and oxygen atoms in total. The van der Waals surface area contributed by atoms with E-state index in [-0.39, 0.29) is 18.1 Å². The van der Waals surface area contributed by atoms with Gasteiger partial charge in [0.1, 0.15) is 0 Å². The molecule has 0 N–H and O–H groups in total. The van der Waals surface area contributed by atoms with Gasteiger partial charge < -0.3 is 33.2 Å². The number of benzene rings is 1. The second-order valence-electron chi connectivity index (χ2n) is 6.56. The van der Waals surface area contributed by atoms with Crippen LogP contribution in [0.5, 0.6) is 0 Å². The molecule has 0 aliphatic rings. The number of hydrogen-bond acceptors (Lipinski definition) is 10. The van der Waals surface area contributed by atoms with Crippen LogP contribution in [-0.2, 0) is 47.5 Å². The van der Waals surface area contributed by atoms with Crippen LogP contribution in [0.25, 0.3) is 0 Å². The third-order valence-electron chi connectivity index (χ3n) is 3.95. The van der Waals surface area contributed by atoms with Crippen LogP contribution in [-0.4, -0.2) is 113 Å². The zero-order chi connectivity index (χ0) is 24.6. The van der Waals surface area contributed by atoms with Gasteiger partial charge in [0.05, 0.1) is 104 Å². The predicted molar refractivity (Wildman–Crippen MR) is 126 cm³/mol. The highest BCUT2D eigenvalue weighted by Gasteiger charge is 2.13. The largest absolute Gasteiger partial charge is 0.378 e. The highest BCUT2D eigenvalue weighted by Crippen LogP contribution is 2.10. The monoisotopic (exact) mass is 528 g/mol. The second kappa shape index (κ2) is 22.6. The first kappa shape index (κ1) is 31.2. The Bertz CT molecular complexity index is 663. The van der Waals surface area contributed by atoms with E-state index in [0.29, 0.717) is 91.8 Å². The SMILES string of the molecule is O=S(=O)(OCCOCCOCCOCCOCCOCCOCCOCCCl)c1ccccc1. The summed E-state index contributed by atoms with van der Waals surface area (Å²) >= 11 is 5.49. The summed E-state index contributed by atoms with van der Waals surface area (Å²) in [5.41, 5.74) is 0. The number of alkyl halides is 1. The van der Waals surface area contributed by atoms with Gasteiger partial charge in [0.15, 0.2) is 0 Å². The van der Waals surface area contributed by atoms with Gasteiger partial charge in [0.2, 0.25) is 0 Å². The molecule has 0 spiro atoms. The van der Waals surface area contributed by atoms with E-state index in [0.717, 1.165) is 0 Å². The maximum Gasteiger partial charge on any atom is 0.297 e. The van der Waals surface area contributed by atoms with Crippen LogP contribution < -0.4 is 0 Å². The average molecular weight is 529 g/mol. The first-order chi connectivity index (χ1) is 16.7. The molecule has 1 aromatic carbocycles. The van der Waals surface area contributed by atoms with Crippen molar-refractivity contribution in [2.24, 2.45) is 0 Å². The Morgan fingerprint density at radius 1 is 0.500 bits per heavy atom. The molecule has 0 bridgehead atoms. The van der Waals surface area contributed by atoms with Gasteiger partial charge in [-0.1, -0.05) is 18.2 Å². The molecule has 0 atom stereocenters. The molecule has 198 valence electrons. The van der Waals surface area contributed by atoms with Crippen LogP contribution >= 0.6 is 11.6 Å². The van der Waals surface area contributed by atoms with Crippen LogP contribution in [0.15, 0.2) is 35.2 Å². The molecule has 0 amide bonds. The fourth-order valence-electron chi connectivity index (χ4n) is 2.33. The van der Waals surface area contributed by atoms with E-state index in [2.05, 4.69) is 0 Å². The summed E-state index contributed by atoms with van der Waals surface area (Å²) in [6.45, 7) is 6.27. The van der Waals surface area contributed by atoms with E-state index in [4.69, 9.17) is 48.9 Å². The van der Waals surface area contributed by atoms with E-state index in [1.54, 1.807) is 18.2 Å². The average Bonchev–Trinajstić information content (AvgIpc) is 2.85. The summed E-state index contributed by atoms with van der Waals surface area (Å²) in [7, 11) is -3.74. The normalized spacial score (nSPS) is 11.8. The molecule has 34 heavy (non-hydrogen) atoms. The minimum atomic E-state index is -3.74. The van der Waals surface area contributed by atoms with E-state index in [1.807, 2.05) is 0 Å². The van der Waals surface area contributed by atoms with Gasteiger partial charge in [-0.15, -0.1) is 11.6 Å². The van der Waals surface area contributed by atoms with Crippen molar-refractivity contribution in [2.75, 3.05) is 105 Å². The van der Waals surface area contributed by atoms with Crippen molar-refractivity contribution in [2.45, 2.75) is 4.90 Å². The van der Waals surface area contributed by atoms with Gasteiger partial charge in [-0.05, 0) is 12.1 Å². The van der Waals surface area contributed by atoms with E-state index in [9.17, 15) is 8.42 Å². The summed E-state index contributed by atoms with van der Waals surface area (Å²) in [6, 6.07) is 7.98. The zero-order valence-corrected chi connectivity index (χ0v) is 21.1. The van der Waals surface area contributed by atoms with Gasteiger partial charge >= 0.3 is 0 Å². The lowest BCUT2D eigenvalue weighted by molar-refractivity contribution is -0.0207. The van der Waals surface area contributed by atoms with E-state index < -0.39 is 10.1 Å². The van der Waals surface area contributed by atoms with Gasteiger partial charge in [-0.25, -0.2) is 0 Å². The Hall–Kier alpha value is -0.860. The van der Waals surface area contributed by atoms with Crippen molar-refractivity contribution in [1.29, 1.82) is 0 Å². The molecular weight excluding hydrogens is 492 g/mol. The van der Waals surface area contributed by atoms with Crippen LogP contribution in [0.3, 0.4) is 0 Å². The smallest absolute Gasteiger partial charge is 0.297 e. The molecule has 0 radical (unpaired) electrons. The number of halogens is 1. The highest BCUT2D eigenvalue weighted by atomic mass is 35.5. The Morgan fingerprint density at radius 3 is 1.18 bits per heavy atom. The van der Waals surface area contributed by atoms with Crippen molar-refractivity contribution in [3.8, 4) is 0 Å². The van der Waals surface area contributed by atoms with Crippen molar-refractivity contribution in [3.63, 3.8) is 0 Å². The molecule has 0 aliphatic carbocycles. The number of rotatable bonds is 25. The molecule has 0 aliphatic heterocycles. The van der Waals surface area contributed by atoms with Gasteiger partial charge in [0.25, 0.3) is 10.1 Å². The summed E-state index contributed by atoms with van der Waals surface area (Å²) in [6.07, 6.45) is 0. The van der Waals surface area contributed by atoms with Crippen molar-refractivity contribution in [1.82, 2.24) is 0 Å². The van der Waals surface area contributed by atoms with Crippen LogP contribution in [0.2, 0.25) is 0 Å². The fourth-order valence-corrected chi connectivity index (χ4v) is 3.36. The topological polar surface area (TPSA) is 108 Å². The molecule has 0 saturated heterocycles. The summed E-state index contributed by atoms with van der Waals surface area (Å²) in [4.78, 5) is 0.124. The third-order valence-corrected chi connectivity index (χ3v) is 5.43. The molecule has 0 fully saturated rings. The lowest BCUT2D eigenvalue weighted by Crippen LogP contribution is -2.15. The molecule has 12 heteroatoms. The Morgan fingerprint density at radius 2 is 0.824 bits per heavy atom. The van der Waals surface area contributed by atoms with Gasteiger partial charge in [-0.3, -0.25) is 4.18 Å². The van der Waals surface area contributed by atoms with Crippen molar-refractivity contribution >= 4 is 21.7 Å².